The van der Waals surface area contributed by atoms with Crippen LogP contribution in [0.1, 0.15) is 5.56 Å². The summed E-state index contributed by atoms with van der Waals surface area (Å²) in [6, 6.07) is 18.5. The Bertz CT molecular complexity index is 904. The van der Waals surface area contributed by atoms with Gasteiger partial charge in [-0.15, -0.1) is 0 Å². The fourth-order valence-electron chi connectivity index (χ4n) is 2.67. The molecule has 25 heavy (non-hydrogen) atoms. The van der Waals surface area contributed by atoms with E-state index in [0.717, 1.165) is 27.8 Å². The minimum atomic E-state index is -0.407. The summed E-state index contributed by atoms with van der Waals surface area (Å²) in [7, 11) is 0. The predicted octanol–water partition coefficient (Wildman–Crippen LogP) is 4.92. The van der Waals surface area contributed by atoms with Crippen LogP contribution in [-0.4, -0.2) is 11.5 Å². The molecule has 3 aromatic rings. The van der Waals surface area contributed by atoms with Crippen molar-refractivity contribution in [3.05, 3.63) is 89.0 Å². The topological polar surface area (TPSA) is 64.4 Å². The summed E-state index contributed by atoms with van der Waals surface area (Å²) in [6.07, 6.45) is 1.71. The van der Waals surface area contributed by atoms with Gasteiger partial charge in [0.05, 0.1) is 4.92 Å². The molecule has 0 saturated carbocycles. The van der Waals surface area contributed by atoms with Gasteiger partial charge in [0, 0.05) is 29.9 Å². The number of ether oxygens (including phenoxy) is 1. The van der Waals surface area contributed by atoms with Gasteiger partial charge in [-0.3, -0.25) is 10.1 Å². The molecule has 0 saturated heterocycles. The number of benzene rings is 3. The number of hydrogen-bond donors (Lipinski definition) is 1. The third-order valence-corrected chi connectivity index (χ3v) is 3.90. The van der Waals surface area contributed by atoms with Gasteiger partial charge in [-0.2, -0.15) is 0 Å². The summed E-state index contributed by atoms with van der Waals surface area (Å²) in [6.45, 7) is 4.67. The van der Waals surface area contributed by atoms with Crippen LogP contribution in [0.5, 0.6) is 5.75 Å². The summed E-state index contributed by atoms with van der Waals surface area (Å²) < 4.78 is 5.79. The lowest BCUT2D eigenvalue weighted by atomic mass is 10.0. The molecule has 0 radical (unpaired) electrons. The number of rotatable bonds is 7. The van der Waals surface area contributed by atoms with Crippen molar-refractivity contribution in [2.24, 2.45) is 0 Å². The zero-order chi connectivity index (χ0) is 17.6. The van der Waals surface area contributed by atoms with Gasteiger partial charge in [-0.1, -0.05) is 43.0 Å². The molecule has 0 atom stereocenters. The molecular weight excluding hydrogens is 316 g/mol. The number of fused-ring (bicyclic) bond motifs is 1. The van der Waals surface area contributed by atoms with Gasteiger partial charge in [0.25, 0.3) is 5.69 Å². The minimum absolute atomic E-state index is 0.0747. The molecule has 0 bridgehead atoms. The Morgan fingerprint density at radius 3 is 2.56 bits per heavy atom. The van der Waals surface area contributed by atoms with Crippen LogP contribution >= 0.6 is 0 Å². The van der Waals surface area contributed by atoms with Crippen molar-refractivity contribution < 1.29 is 9.66 Å². The average molecular weight is 334 g/mol. The summed E-state index contributed by atoms with van der Waals surface area (Å²) in [5, 5.41) is 16.3. The van der Waals surface area contributed by atoms with Crippen molar-refractivity contribution in [1.29, 1.82) is 0 Å². The highest BCUT2D eigenvalue weighted by Gasteiger charge is 2.09. The molecule has 0 aromatic heterocycles. The molecule has 126 valence electrons. The second kappa shape index (κ2) is 7.49. The first kappa shape index (κ1) is 16.5. The van der Waals surface area contributed by atoms with E-state index in [1.54, 1.807) is 18.2 Å². The normalized spacial score (nSPS) is 10.4. The summed E-state index contributed by atoms with van der Waals surface area (Å²) in [4.78, 5) is 10.3. The van der Waals surface area contributed by atoms with Crippen molar-refractivity contribution in [1.82, 2.24) is 0 Å². The van der Waals surface area contributed by atoms with E-state index in [-0.39, 0.29) is 5.69 Å². The van der Waals surface area contributed by atoms with Crippen LogP contribution in [0.3, 0.4) is 0 Å². The maximum Gasteiger partial charge on any atom is 0.269 e. The molecule has 3 aromatic carbocycles. The Morgan fingerprint density at radius 1 is 1.08 bits per heavy atom. The van der Waals surface area contributed by atoms with Crippen molar-refractivity contribution >= 4 is 22.1 Å². The van der Waals surface area contributed by atoms with Crippen LogP contribution in [0.15, 0.2) is 73.3 Å². The lowest BCUT2D eigenvalue weighted by molar-refractivity contribution is -0.384. The van der Waals surface area contributed by atoms with E-state index in [1.165, 1.54) is 12.1 Å². The van der Waals surface area contributed by atoms with Crippen molar-refractivity contribution in [3.8, 4) is 5.75 Å². The van der Waals surface area contributed by atoms with E-state index in [0.29, 0.717) is 13.2 Å². The molecule has 0 aliphatic carbocycles. The minimum Gasteiger partial charge on any atom is -0.489 e. The largest absolute Gasteiger partial charge is 0.489 e. The Morgan fingerprint density at radius 2 is 1.84 bits per heavy atom. The number of non-ortho nitro benzene ring substituents is 1. The predicted molar refractivity (Wildman–Crippen MR) is 100 cm³/mol. The molecule has 0 spiro atoms. The van der Waals surface area contributed by atoms with Gasteiger partial charge in [0.1, 0.15) is 12.4 Å². The van der Waals surface area contributed by atoms with Crippen LogP contribution in [-0.2, 0) is 6.54 Å². The Hall–Kier alpha value is -3.34. The van der Waals surface area contributed by atoms with Crippen molar-refractivity contribution in [3.63, 3.8) is 0 Å². The first-order valence-electron chi connectivity index (χ1n) is 7.91. The van der Waals surface area contributed by atoms with Gasteiger partial charge in [0.15, 0.2) is 0 Å². The maximum atomic E-state index is 10.7. The van der Waals surface area contributed by atoms with E-state index < -0.39 is 4.92 Å². The molecule has 0 aliphatic rings. The third kappa shape index (κ3) is 3.77. The highest BCUT2D eigenvalue weighted by molar-refractivity contribution is 5.88. The van der Waals surface area contributed by atoms with E-state index in [2.05, 4.69) is 24.0 Å². The summed E-state index contributed by atoms with van der Waals surface area (Å²) in [5.41, 5.74) is 1.93. The Labute approximate surface area is 145 Å². The van der Waals surface area contributed by atoms with Gasteiger partial charge in [-0.05, 0) is 29.0 Å². The first-order valence-corrected chi connectivity index (χ1v) is 7.91. The van der Waals surface area contributed by atoms with E-state index in [1.807, 2.05) is 24.3 Å². The summed E-state index contributed by atoms with van der Waals surface area (Å²) >= 11 is 0. The van der Waals surface area contributed by atoms with E-state index in [4.69, 9.17) is 4.74 Å². The number of anilines is 1. The fraction of sp³-hybridized carbons (Fsp3) is 0.100. The molecule has 1 N–H and O–H groups in total. The molecule has 0 amide bonds. The second-order valence-corrected chi connectivity index (χ2v) is 5.52. The fourth-order valence-corrected chi connectivity index (χ4v) is 2.67. The number of nitro benzene ring substituents is 1. The standard InChI is InChI=1S/C20H18N2O3/c1-2-13-25-20-12-7-15-5-3-4-6-18(15)19(20)14-21-16-8-10-17(11-9-16)22(23)24/h2-12,21H,1,13-14H2. The zero-order valence-electron chi connectivity index (χ0n) is 13.6. The van der Waals surface area contributed by atoms with Gasteiger partial charge in [-0.25, -0.2) is 0 Å². The number of nitrogens with one attached hydrogen (secondary N) is 1. The van der Waals surface area contributed by atoms with E-state index >= 15 is 0 Å². The third-order valence-electron chi connectivity index (χ3n) is 3.90. The Balaban J connectivity index is 1.87. The molecule has 0 aliphatic heterocycles. The Kier molecular flexibility index (Phi) is 4.95. The van der Waals surface area contributed by atoms with Crippen LogP contribution in [0, 0.1) is 10.1 Å². The molecule has 0 heterocycles. The first-order chi connectivity index (χ1) is 12.2. The van der Waals surface area contributed by atoms with Gasteiger partial charge >= 0.3 is 0 Å². The monoisotopic (exact) mass is 334 g/mol. The molecule has 3 rings (SSSR count). The number of nitro groups is 1. The SMILES string of the molecule is C=CCOc1ccc2ccccc2c1CNc1ccc([N+](=O)[O-])cc1. The van der Waals surface area contributed by atoms with Crippen LogP contribution in [0.2, 0.25) is 0 Å². The highest BCUT2D eigenvalue weighted by atomic mass is 16.6. The molecule has 0 fully saturated rings. The van der Waals surface area contributed by atoms with Gasteiger partial charge in [0.2, 0.25) is 0 Å². The lowest BCUT2D eigenvalue weighted by Gasteiger charge is -2.15. The molecule has 5 nitrogen and oxygen atoms in total. The van der Waals surface area contributed by atoms with Crippen LogP contribution in [0.25, 0.3) is 10.8 Å². The van der Waals surface area contributed by atoms with Crippen molar-refractivity contribution in [2.75, 3.05) is 11.9 Å². The second-order valence-electron chi connectivity index (χ2n) is 5.52. The quantitative estimate of drug-likeness (QED) is 0.378. The molecule has 5 heteroatoms. The smallest absolute Gasteiger partial charge is 0.269 e. The lowest BCUT2D eigenvalue weighted by Crippen LogP contribution is -2.04. The molecule has 0 unspecified atom stereocenters. The number of hydrogen-bond acceptors (Lipinski definition) is 4. The van der Waals surface area contributed by atoms with Crippen LogP contribution < -0.4 is 10.1 Å². The highest BCUT2D eigenvalue weighted by Crippen LogP contribution is 2.29. The van der Waals surface area contributed by atoms with Crippen molar-refractivity contribution in [2.45, 2.75) is 6.54 Å². The van der Waals surface area contributed by atoms with Gasteiger partial charge < -0.3 is 10.1 Å². The average Bonchev–Trinajstić information content (AvgIpc) is 2.65. The number of nitrogens with zero attached hydrogens (tertiary/aromatic N) is 1. The maximum absolute atomic E-state index is 10.7. The zero-order valence-corrected chi connectivity index (χ0v) is 13.6. The summed E-state index contributed by atoms with van der Waals surface area (Å²) in [5.74, 6) is 0.799. The van der Waals surface area contributed by atoms with Crippen LogP contribution in [0.4, 0.5) is 11.4 Å². The van der Waals surface area contributed by atoms with E-state index in [9.17, 15) is 10.1 Å². The molecular formula is C20H18N2O3.